The Kier molecular flexibility index (Phi) is 3.11. The van der Waals surface area contributed by atoms with E-state index in [0.29, 0.717) is 10.4 Å². The molecule has 1 aromatic heterocycles. The van der Waals surface area contributed by atoms with Gasteiger partial charge >= 0.3 is 0 Å². The van der Waals surface area contributed by atoms with Crippen LogP contribution in [0.15, 0.2) is 52.6 Å². The van der Waals surface area contributed by atoms with Gasteiger partial charge in [-0.2, -0.15) is 9.99 Å². The molecule has 2 heterocycles. The van der Waals surface area contributed by atoms with Gasteiger partial charge in [0, 0.05) is 6.07 Å². The number of rotatable bonds is 1. The van der Waals surface area contributed by atoms with Crippen molar-refractivity contribution < 1.29 is 9.94 Å². The lowest BCUT2D eigenvalue weighted by atomic mass is 9.84. The number of aryl methyl sites for hydroxylation is 1. The fourth-order valence-electron chi connectivity index (χ4n) is 2.62. The highest BCUT2D eigenvalue weighted by atomic mass is 16.5. The lowest BCUT2D eigenvalue weighted by Crippen LogP contribution is -2.31. The maximum absolute atomic E-state index is 12.4. The zero-order valence-corrected chi connectivity index (χ0v) is 11.8. The lowest BCUT2D eigenvalue weighted by Gasteiger charge is -2.26. The molecule has 22 heavy (non-hydrogen) atoms. The molecule has 1 aliphatic rings. The summed E-state index contributed by atoms with van der Waals surface area (Å²) < 4.78 is 5.96. The summed E-state index contributed by atoms with van der Waals surface area (Å²) in [6, 6.07) is 12.6. The number of hydrogen-bond acceptors (Lipinski definition) is 5. The van der Waals surface area contributed by atoms with Crippen molar-refractivity contribution >= 4 is 0 Å². The summed E-state index contributed by atoms with van der Waals surface area (Å²) in [7, 11) is 0. The van der Waals surface area contributed by atoms with Gasteiger partial charge in [0.2, 0.25) is 5.88 Å². The van der Waals surface area contributed by atoms with Crippen molar-refractivity contribution in [3.63, 3.8) is 0 Å². The third kappa shape index (κ3) is 1.91. The summed E-state index contributed by atoms with van der Waals surface area (Å²) >= 11 is 0. The van der Waals surface area contributed by atoms with E-state index in [1.807, 2.05) is 12.1 Å². The van der Waals surface area contributed by atoms with E-state index in [1.165, 1.54) is 6.07 Å². The molecular weight excluding hydrogens is 282 g/mol. The largest absolute Gasteiger partial charge is 0.440 e. The van der Waals surface area contributed by atoms with Crippen LogP contribution in [0.1, 0.15) is 22.7 Å². The van der Waals surface area contributed by atoms with Crippen LogP contribution in [0.5, 0.6) is 5.75 Å². The third-order valence-corrected chi connectivity index (χ3v) is 3.68. The monoisotopic (exact) mass is 295 g/mol. The quantitative estimate of drug-likeness (QED) is 0.778. The maximum Gasteiger partial charge on any atom is 0.291 e. The molecular formula is C16H13N3O3. The van der Waals surface area contributed by atoms with Crippen LogP contribution in [-0.2, 0) is 0 Å². The van der Waals surface area contributed by atoms with Gasteiger partial charge in [-0.1, -0.05) is 30.3 Å². The van der Waals surface area contributed by atoms with Gasteiger partial charge < -0.3 is 15.7 Å². The Balaban J connectivity index is 2.36. The van der Waals surface area contributed by atoms with Crippen molar-refractivity contribution in [3.8, 4) is 11.8 Å². The van der Waals surface area contributed by atoms with Gasteiger partial charge in [-0.25, -0.2) is 0 Å². The van der Waals surface area contributed by atoms with Crippen molar-refractivity contribution in [3.05, 3.63) is 75.0 Å². The summed E-state index contributed by atoms with van der Waals surface area (Å²) in [5, 5.41) is 19.3. The molecule has 0 bridgehead atoms. The molecule has 0 radical (unpaired) electrons. The normalized spacial score (nSPS) is 16.6. The summed E-state index contributed by atoms with van der Waals surface area (Å²) in [5.41, 5.74) is 6.62. The van der Waals surface area contributed by atoms with Crippen LogP contribution in [0.3, 0.4) is 0 Å². The third-order valence-electron chi connectivity index (χ3n) is 3.68. The molecule has 6 heteroatoms. The molecule has 0 amide bonds. The van der Waals surface area contributed by atoms with Gasteiger partial charge in [-0.15, -0.1) is 0 Å². The van der Waals surface area contributed by atoms with E-state index in [1.54, 1.807) is 31.2 Å². The maximum atomic E-state index is 12.4. The van der Waals surface area contributed by atoms with E-state index in [2.05, 4.69) is 0 Å². The molecule has 0 spiro atoms. The van der Waals surface area contributed by atoms with Gasteiger partial charge in [-0.3, -0.25) is 4.79 Å². The Bertz CT molecular complexity index is 876. The average Bonchev–Trinajstić information content (AvgIpc) is 2.52. The number of nitriles is 1. The molecule has 1 aromatic carbocycles. The molecule has 1 atom stereocenters. The summed E-state index contributed by atoms with van der Waals surface area (Å²) in [6.07, 6.45) is 0. The number of nitrogens with two attached hydrogens (primary N) is 1. The molecule has 110 valence electrons. The van der Waals surface area contributed by atoms with Gasteiger partial charge in [0.1, 0.15) is 17.4 Å². The topological polar surface area (TPSA) is 101 Å². The molecule has 0 unspecified atom stereocenters. The minimum absolute atomic E-state index is 0.0293. The highest BCUT2D eigenvalue weighted by Crippen LogP contribution is 2.40. The van der Waals surface area contributed by atoms with Crippen LogP contribution in [0, 0.1) is 18.3 Å². The zero-order valence-electron chi connectivity index (χ0n) is 11.8. The van der Waals surface area contributed by atoms with E-state index in [4.69, 9.17) is 10.5 Å². The minimum Gasteiger partial charge on any atom is -0.440 e. The van der Waals surface area contributed by atoms with E-state index in [9.17, 15) is 15.3 Å². The predicted molar refractivity (Wildman–Crippen MR) is 78.4 cm³/mol. The number of pyridine rings is 1. The van der Waals surface area contributed by atoms with Crippen LogP contribution >= 0.6 is 0 Å². The minimum atomic E-state index is -0.665. The van der Waals surface area contributed by atoms with E-state index < -0.39 is 11.5 Å². The van der Waals surface area contributed by atoms with Crippen molar-refractivity contribution in [1.82, 2.24) is 4.73 Å². The number of fused-ring (bicyclic) bond motifs is 1. The first-order valence-corrected chi connectivity index (χ1v) is 6.63. The number of benzene rings is 1. The molecule has 1 aliphatic heterocycles. The highest BCUT2D eigenvalue weighted by Gasteiger charge is 2.34. The summed E-state index contributed by atoms with van der Waals surface area (Å²) in [5.74, 6) is -0.432. The summed E-state index contributed by atoms with van der Waals surface area (Å²) in [6.45, 7) is 1.57. The van der Waals surface area contributed by atoms with Crippen molar-refractivity contribution in [2.45, 2.75) is 12.8 Å². The molecule has 3 N–H and O–H groups in total. The molecule has 2 aromatic rings. The lowest BCUT2D eigenvalue weighted by molar-refractivity contribution is 0.165. The van der Waals surface area contributed by atoms with E-state index in [-0.39, 0.29) is 22.8 Å². The fourth-order valence-corrected chi connectivity index (χ4v) is 2.62. The number of ether oxygens (including phenoxy) is 1. The molecule has 0 saturated heterocycles. The van der Waals surface area contributed by atoms with Crippen LogP contribution in [0.2, 0.25) is 0 Å². The first-order valence-electron chi connectivity index (χ1n) is 6.63. The van der Waals surface area contributed by atoms with Gasteiger partial charge in [0.05, 0.1) is 17.2 Å². The zero-order chi connectivity index (χ0) is 15.9. The van der Waals surface area contributed by atoms with Gasteiger partial charge in [0.25, 0.3) is 5.56 Å². The first kappa shape index (κ1) is 13.8. The second-order valence-corrected chi connectivity index (χ2v) is 5.02. The predicted octanol–water partition coefficient (Wildman–Crippen LogP) is 1.61. The first-order chi connectivity index (χ1) is 10.5. The Hall–Kier alpha value is -3.20. The van der Waals surface area contributed by atoms with Crippen molar-refractivity contribution in [2.24, 2.45) is 5.73 Å². The van der Waals surface area contributed by atoms with E-state index in [0.717, 1.165) is 5.56 Å². The number of nitrogens with zero attached hydrogens (tertiary/aromatic N) is 2. The molecule has 0 fully saturated rings. The van der Waals surface area contributed by atoms with Crippen molar-refractivity contribution in [1.29, 1.82) is 5.26 Å². The van der Waals surface area contributed by atoms with Gasteiger partial charge in [-0.05, 0) is 12.5 Å². The smallest absolute Gasteiger partial charge is 0.291 e. The average molecular weight is 295 g/mol. The molecule has 6 nitrogen and oxygen atoms in total. The summed E-state index contributed by atoms with van der Waals surface area (Å²) in [4.78, 5) is 12.4. The number of allylic oxidation sites excluding steroid dienone is 1. The highest BCUT2D eigenvalue weighted by molar-refractivity contribution is 5.55. The molecule has 0 aliphatic carbocycles. The van der Waals surface area contributed by atoms with E-state index >= 15 is 0 Å². The van der Waals surface area contributed by atoms with Crippen LogP contribution in [0.25, 0.3) is 0 Å². The standard InChI is InChI=1S/C16H13N3O3/c1-9-7-12-14(16(20)19(9)21)13(10-5-3-2-4-6-10)11(8-17)15(18)22-12/h2-7,13,21H,18H2,1H3/t13-/m1/s1. The number of hydrogen-bond donors (Lipinski definition) is 2. The second kappa shape index (κ2) is 4.97. The number of aromatic nitrogens is 1. The molecule has 3 rings (SSSR count). The Morgan fingerprint density at radius 2 is 2.05 bits per heavy atom. The SMILES string of the molecule is Cc1cc2c(c(=O)n1O)[C@H](c1ccccc1)C(C#N)=C(N)O2. The Labute approximate surface area is 126 Å². The van der Waals surface area contributed by atoms with Gasteiger partial charge in [0.15, 0.2) is 0 Å². The second-order valence-electron chi connectivity index (χ2n) is 5.02. The molecule has 0 saturated carbocycles. The fraction of sp³-hybridized carbons (Fsp3) is 0.125. The van der Waals surface area contributed by atoms with Crippen LogP contribution in [0.4, 0.5) is 0 Å². The van der Waals surface area contributed by atoms with Crippen molar-refractivity contribution in [2.75, 3.05) is 0 Å². The Morgan fingerprint density at radius 1 is 1.36 bits per heavy atom. The van der Waals surface area contributed by atoms with Crippen LogP contribution < -0.4 is 16.0 Å². The van der Waals surface area contributed by atoms with Crippen LogP contribution in [-0.4, -0.2) is 9.94 Å². The Morgan fingerprint density at radius 3 is 2.68 bits per heavy atom.